The monoisotopic (exact) mass is 303 g/mol. The van der Waals surface area contributed by atoms with E-state index in [9.17, 15) is 14.0 Å². The number of carbonyl (C=O) groups excluding carboxylic acids is 2. The molecule has 6 nitrogen and oxygen atoms in total. The molecule has 0 aliphatic carbocycles. The first-order chi connectivity index (χ1) is 10.5. The van der Waals surface area contributed by atoms with Crippen LogP contribution in [0, 0.1) is 12.7 Å². The van der Waals surface area contributed by atoms with Crippen LogP contribution >= 0.6 is 0 Å². The van der Waals surface area contributed by atoms with Crippen molar-refractivity contribution in [2.75, 3.05) is 6.54 Å². The molecule has 0 saturated carbocycles. The van der Waals surface area contributed by atoms with Crippen LogP contribution in [-0.4, -0.2) is 24.6 Å². The summed E-state index contributed by atoms with van der Waals surface area (Å²) in [6, 6.07) is 8.66. The average Bonchev–Trinajstić information content (AvgIpc) is 2.90. The first-order valence-corrected chi connectivity index (χ1v) is 6.47. The number of hydrogen-bond donors (Lipinski definition) is 2. The number of rotatable bonds is 5. The zero-order chi connectivity index (χ0) is 15.9. The second-order valence-corrected chi connectivity index (χ2v) is 4.43. The molecular formula is C15H14FN3O3. The van der Waals surface area contributed by atoms with Crippen molar-refractivity contribution < 1.29 is 18.4 Å². The normalized spacial score (nSPS) is 10.6. The van der Waals surface area contributed by atoms with E-state index < -0.39 is 17.6 Å². The Bertz CT molecular complexity index is 710. The Morgan fingerprint density at radius 3 is 2.82 bits per heavy atom. The molecule has 2 amide bonds. The highest BCUT2D eigenvalue weighted by atomic mass is 19.1. The van der Waals surface area contributed by atoms with Gasteiger partial charge in [0.05, 0.1) is 12.8 Å². The van der Waals surface area contributed by atoms with Gasteiger partial charge in [-0.2, -0.15) is 5.10 Å². The van der Waals surface area contributed by atoms with Crippen molar-refractivity contribution in [1.82, 2.24) is 10.7 Å². The highest BCUT2D eigenvalue weighted by Gasteiger charge is 2.08. The van der Waals surface area contributed by atoms with Gasteiger partial charge in [0.15, 0.2) is 0 Å². The van der Waals surface area contributed by atoms with Gasteiger partial charge in [-0.25, -0.2) is 9.82 Å². The van der Waals surface area contributed by atoms with Crippen LogP contribution in [0.2, 0.25) is 0 Å². The number of amides is 2. The number of hydrogen-bond acceptors (Lipinski definition) is 4. The molecular weight excluding hydrogens is 289 g/mol. The van der Waals surface area contributed by atoms with Crippen LogP contribution in [0.5, 0.6) is 0 Å². The minimum absolute atomic E-state index is 0.141. The summed E-state index contributed by atoms with van der Waals surface area (Å²) in [6.07, 6.45) is 1.35. The second-order valence-electron chi connectivity index (χ2n) is 4.43. The van der Waals surface area contributed by atoms with Crippen molar-refractivity contribution in [2.24, 2.45) is 5.10 Å². The third kappa shape index (κ3) is 4.55. The minimum atomic E-state index is -0.541. The number of halogens is 1. The van der Waals surface area contributed by atoms with Crippen LogP contribution < -0.4 is 10.7 Å². The molecule has 1 aromatic carbocycles. The first kappa shape index (κ1) is 15.4. The summed E-state index contributed by atoms with van der Waals surface area (Å²) in [4.78, 5) is 23.2. The minimum Gasteiger partial charge on any atom is -0.460 e. The lowest BCUT2D eigenvalue weighted by Crippen LogP contribution is -2.34. The van der Waals surface area contributed by atoms with Gasteiger partial charge >= 0.3 is 0 Å². The molecule has 0 aliphatic heterocycles. The number of nitrogens with one attached hydrogen (secondary N) is 2. The van der Waals surface area contributed by atoms with Crippen LogP contribution in [0.1, 0.15) is 21.9 Å². The third-order valence-electron chi connectivity index (χ3n) is 2.64. The smallest absolute Gasteiger partial charge is 0.259 e. The van der Waals surface area contributed by atoms with E-state index in [4.69, 9.17) is 4.42 Å². The maximum absolute atomic E-state index is 13.0. The largest absolute Gasteiger partial charge is 0.460 e. The van der Waals surface area contributed by atoms with E-state index in [0.29, 0.717) is 5.76 Å². The molecule has 0 fully saturated rings. The summed E-state index contributed by atoms with van der Waals surface area (Å²) in [6.45, 7) is 1.52. The predicted molar refractivity (Wildman–Crippen MR) is 77.9 cm³/mol. The number of benzene rings is 1. The fourth-order valence-corrected chi connectivity index (χ4v) is 1.62. The summed E-state index contributed by atoms with van der Waals surface area (Å²) in [5.41, 5.74) is 2.38. The summed E-state index contributed by atoms with van der Waals surface area (Å²) in [5, 5.41) is 6.05. The topological polar surface area (TPSA) is 83.7 Å². The van der Waals surface area contributed by atoms with Crippen molar-refractivity contribution in [1.29, 1.82) is 0 Å². The van der Waals surface area contributed by atoms with E-state index in [1.165, 1.54) is 24.4 Å². The van der Waals surface area contributed by atoms with Crippen LogP contribution in [0.25, 0.3) is 0 Å². The maximum atomic E-state index is 13.0. The van der Waals surface area contributed by atoms with Crippen LogP contribution in [0.15, 0.2) is 45.9 Å². The molecule has 0 unspecified atom stereocenters. The molecule has 2 N–H and O–H groups in total. The molecule has 1 heterocycles. The molecule has 1 aromatic heterocycles. The lowest BCUT2D eigenvalue weighted by molar-refractivity contribution is -0.120. The molecule has 2 rings (SSSR count). The van der Waals surface area contributed by atoms with Crippen molar-refractivity contribution in [3.63, 3.8) is 0 Å². The highest BCUT2D eigenvalue weighted by Crippen LogP contribution is 2.03. The Kier molecular flexibility index (Phi) is 5.02. The Balaban J connectivity index is 1.78. The third-order valence-corrected chi connectivity index (χ3v) is 2.64. The van der Waals surface area contributed by atoms with Gasteiger partial charge in [-0.05, 0) is 37.3 Å². The number of hydrazone groups is 1. The van der Waals surface area contributed by atoms with E-state index >= 15 is 0 Å². The lowest BCUT2D eigenvalue weighted by atomic mass is 10.2. The fourth-order valence-electron chi connectivity index (χ4n) is 1.62. The fraction of sp³-hybridized carbons (Fsp3) is 0.133. The van der Waals surface area contributed by atoms with E-state index in [1.807, 2.05) is 0 Å². The predicted octanol–water partition coefficient (Wildman–Crippen LogP) is 1.61. The Labute approximate surface area is 126 Å². The Morgan fingerprint density at radius 1 is 1.32 bits per heavy atom. The lowest BCUT2D eigenvalue weighted by Gasteiger charge is -2.04. The van der Waals surface area contributed by atoms with Gasteiger partial charge in [-0.15, -0.1) is 0 Å². The average molecular weight is 303 g/mol. The Morgan fingerprint density at radius 2 is 2.14 bits per heavy atom. The SMILES string of the molecule is Cc1ccc(/C=N\NC(=O)CNC(=O)c2cccc(F)c2)o1. The number of aryl methyl sites for hydroxylation is 1. The van der Waals surface area contributed by atoms with Crippen LogP contribution in [-0.2, 0) is 4.79 Å². The van der Waals surface area contributed by atoms with Crippen LogP contribution in [0.3, 0.4) is 0 Å². The van der Waals surface area contributed by atoms with E-state index in [1.54, 1.807) is 19.1 Å². The molecule has 7 heteroatoms. The molecule has 0 bridgehead atoms. The van der Waals surface area contributed by atoms with Crippen LogP contribution in [0.4, 0.5) is 4.39 Å². The molecule has 0 radical (unpaired) electrons. The van der Waals surface area contributed by atoms with Crippen molar-refractivity contribution in [3.05, 3.63) is 59.3 Å². The van der Waals surface area contributed by atoms with Gasteiger partial charge in [-0.3, -0.25) is 9.59 Å². The zero-order valence-electron chi connectivity index (χ0n) is 11.8. The van der Waals surface area contributed by atoms with Gasteiger partial charge in [-0.1, -0.05) is 6.07 Å². The number of nitrogens with zero attached hydrogens (tertiary/aromatic N) is 1. The molecule has 0 aliphatic rings. The Hall–Kier alpha value is -2.96. The van der Waals surface area contributed by atoms with Gasteiger partial charge in [0.25, 0.3) is 11.8 Å². The quantitative estimate of drug-likeness (QED) is 0.650. The summed E-state index contributed by atoms with van der Waals surface area (Å²) in [7, 11) is 0. The van der Waals surface area contributed by atoms with E-state index in [0.717, 1.165) is 11.8 Å². The summed E-state index contributed by atoms with van der Waals surface area (Å²) in [5.74, 6) is -0.336. The number of furan rings is 1. The van der Waals surface area contributed by atoms with E-state index in [2.05, 4.69) is 15.8 Å². The highest BCUT2D eigenvalue weighted by molar-refractivity contribution is 5.96. The maximum Gasteiger partial charge on any atom is 0.259 e. The molecule has 0 spiro atoms. The summed E-state index contributed by atoms with van der Waals surface area (Å²) < 4.78 is 18.2. The molecule has 2 aromatic rings. The van der Waals surface area contributed by atoms with Gasteiger partial charge in [0, 0.05) is 5.56 Å². The second kappa shape index (κ2) is 7.16. The standard InChI is InChI=1S/C15H14FN3O3/c1-10-5-6-13(22-10)8-18-19-14(20)9-17-15(21)11-3-2-4-12(16)7-11/h2-8H,9H2,1H3,(H,17,21)(H,19,20)/b18-8-. The summed E-state index contributed by atoms with van der Waals surface area (Å²) >= 11 is 0. The molecule has 0 saturated heterocycles. The van der Waals surface area contributed by atoms with Gasteiger partial charge < -0.3 is 9.73 Å². The van der Waals surface area contributed by atoms with Gasteiger partial charge in [0.2, 0.25) is 0 Å². The molecule has 0 atom stereocenters. The molecule has 22 heavy (non-hydrogen) atoms. The van der Waals surface area contributed by atoms with Crippen molar-refractivity contribution in [3.8, 4) is 0 Å². The first-order valence-electron chi connectivity index (χ1n) is 6.47. The van der Waals surface area contributed by atoms with Crippen molar-refractivity contribution >= 4 is 18.0 Å². The van der Waals surface area contributed by atoms with Crippen molar-refractivity contribution in [2.45, 2.75) is 6.92 Å². The van der Waals surface area contributed by atoms with E-state index in [-0.39, 0.29) is 12.1 Å². The zero-order valence-corrected chi connectivity index (χ0v) is 11.8. The van der Waals surface area contributed by atoms with Gasteiger partial charge in [0.1, 0.15) is 17.3 Å². The number of carbonyl (C=O) groups is 2. The molecule has 114 valence electrons.